The Morgan fingerprint density at radius 3 is 2.55 bits per heavy atom. The van der Waals surface area contributed by atoms with Crippen molar-refractivity contribution >= 4 is 5.91 Å². The molecule has 0 saturated carbocycles. The highest BCUT2D eigenvalue weighted by Gasteiger charge is 2.10. The number of hydrogen-bond donors (Lipinski definition) is 1. The lowest BCUT2D eigenvalue weighted by Crippen LogP contribution is -2.47. The van der Waals surface area contributed by atoms with E-state index in [4.69, 9.17) is 0 Å². The molecular weight excluding hydrogens is 140 g/mol. The van der Waals surface area contributed by atoms with Crippen molar-refractivity contribution in [2.45, 2.75) is 6.92 Å². The molecule has 0 aliphatic carbocycles. The average molecular weight is 157 g/mol. The molecule has 64 valence electrons. The summed E-state index contributed by atoms with van der Waals surface area (Å²) in [5.74, 6) is -0.107. The van der Waals surface area contributed by atoms with Gasteiger partial charge in [0.15, 0.2) is 6.67 Å². The van der Waals surface area contributed by atoms with Crippen LogP contribution in [0, 0.1) is 0 Å². The fourth-order valence-electron chi connectivity index (χ4n) is 0.476. The average Bonchev–Trinajstić information content (AvgIpc) is 2.00. The molecule has 0 unspecified atom stereocenters. The van der Waals surface area contributed by atoms with E-state index < -0.39 is 0 Å². The number of nitrogens with zero attached hydrogens (tertiary/aromatic N) is 1. The van der Waals surface area contributed by atoms with Gasteiger partial charge in [-0.05, 0) is 13.0 Å². The lowest BCUT2D eigenvalue weighted by molar-refractivity contribution is -0.890. The first-order valence-corrected chi connectivity index (χ1v) is 3.74. The molecule has 3 nitrogen and oxygen atoms in total. The number of quaternary nitrogens is 1. The molecule has 0 saturated heterocycles. The molecule has 0 fully saturated rings. The van der Waals surface area contributed by atoms with Gasteiger partial charge in [0.05, 0.1) is 20.6 Å². The SMILES string of the molecule is C=CC(=O)NC[N+](C)(C)CC. The first kappa shape index (κ1) is 10.2. The van der Waals surface area contributed by atoms with Crippen LogP contribution in [-0.4, -0.2) is 37.7 Å². The van der Waals surface area contributed by atoms with Crippen molar-refractivity contribution in [2.24, 2.45) is 0 Å². The number of rotatable bonds is 4. The minimum atomic E-state index is -0.107. The lowest BCUT2D eigenvalue weighted by atomic mass is 10.5. The zero-order chi connectivity index (χ0) is 8.91. The summed E-state index contributed by atoms with van der Waals surface area (Å²) in [6.07, 6.45) is 1.29. The second-order valence-electron chi connectivity index (χ2n) is 3.16. The molecule has 0 atom stereocenters. The second kappa shape index (κ2) is 4.13. The van der Waals surface area contributed by atoms with Crippen molar-refractivity contribution < 1.29 is 9.28 Å². The molecule has 0 aliphatic heterocycles. The molecule has 0 aromatic heterocycles. The van der Waals surface area contributed by atoms with Crippen molar-refractivity contribution in [3.63, 3.8) is 0 Å². The van der Waals surface area contributed by atoms with Crippen molar-refractivity contribution in [3.8, 4) is 0 Å². The number of hydrogen-bond acceptors (Lipinski definition) is 1. The molecule has 11 heavy (non-hydrogen) atoms. The van der Waals surface area contributed by atoms with Gasteiger partial charge in [-0.25, -0.2) is 0 Å². The van der Waals surface area contributed by atoms with Gasteiger partial charge in [-0.1, -0.05) is 6.58 Å². The molecular formula is C8H17N2O+. The molecule has 1 amide bonds. The quantitative estimate of drug-likeness (QED) is 0.356. The molecule has 0 radical (unpaired) electrons. The van der Waals surface area contributed by atoms with Crippen LogP contribution < -0.4 is 5.32 Å². The molecule has 0 heterocycles. The number of carbonyl (C=O) groups excluding carboxylic acids is 1. The predicted molar refractivity (Wildman–Crippen MR) is 45.9 cm³/mol. The van der Waals surface area contributed by atoms with Crippen LogP contribution in [0.3, 0.4) is 0 Å². The van der Waals surface area contributed by atoms with Crippen LogP contribution in [0.1, 0.15) is 6.92 Å². The second-order valence-corrected chi connectivity index (χ2v) is 3.16. The third kappa shape index (κ3) is 4.56. The first-order valence-electron chi connectivity index (χ1n) is 3.74. The van der Waals surface area contributed by atoms with E-state index in [1.54, 1.807) is 0 Å². The molecule has 0 aromatic rings. The Labute approximate surface area is 68.3 Å². The van der Waals surface area contributed by atoms with Gasteiger partial charge in [0, 0.05) is 0 Å². The van der Waals surface area contributed by atoms with Gasteiger partial charge in [-0.2, -0.15) is 0 Å². The summed E-state index contributed by atoms with van der Waals surface area (Å²) in [5, 5.41) is 2.74. The van der Waals surface area contributed by atoms with Crippen LogP contribution >= 0.6 is 0 Å². The van der Waals surface area contributed by atoms with E-state index in [2.05, 4.69) is 32.9 Å². The normalized spacial score (nSPS) is 10.8. The fraction of sp³-hybridized carbons (Fsp3) is 0.625. The molecule has 1 N–H and O–H groups in total. The van der Waals surface area contributed by atoms with Gasteiger partial charge in [0.25, 0.3) is 0 Å². The van der Waals surface area contributed by atoms with Gasteiger partial charge in [-0.3, -0.25) is 4.79 Å². The molecule has 0 rings (SSSR count). The van der Waals surface area contributed by atoms with Crippen LogP contribution in [0.4, 0.5) is 0 Å². The van der Waals surface area contributed by atoms with Crippen LogP contribution in [0.25, 0.3) is 0 Å². The summed E-state index contributed by atoms with van der Waals surface area (Å²) in [6, 6.07) is 0. The minimum Gasteiger partial charge on any atom is -0.312 e. The maximum Gasteiger partial charge on any atom is 0.247 e. The van der Waals surface area contributed by atoms with E-state index in [1.165, 1.54) is 6.08 Å². The zero-order valence-electron chi connectivity index (χ0n) is 7.55. The largest absolute Gasteiger partial charge is 0.312 e. The van der Waals surface area contributed by atoms with E-state index in [0.29, 0.717) is 6.67 Å². The standard InChI is InChI=1S/C8H16N2O/c1-5-8(11)9-7-10(3,4)6-2/h5H,1,6-7H2,2-4H3/p+1. The highest BCUT2D eigenvalue weighted by atomic mass is 16.1. The third-order valence-electron chi connectivity index (χ3n) is 1.72. The van der Waals surface area contributed by atoms with E-state index in [-0.39, 0.29) is 5.91 Å². The monoisotopic (exact) mass is 157 g/mol. The van der Waals surface area contributed by atoms with Crippen LogP contribution in [-0.2, 0) is 4.79 Å². The highest BCUT2D eigenvalue weighted by molar-refractivity contribution is 5.86. The third-order valence-corrected chi connectivity index (χ3v) is 1.72. The van der Waals surface area contributed by atoms with Crippen molar-refractivity contribution in [3.05, 3.63) is 12.7 Å². The van der Waals surface area contributed by atoms with Gasteiger partial charge in [0.2, 0.25) is 5.91 Å². The maximum absolute atomic E-state index is 10.7. The summed E-state index contributed by atoms with van der Waals surface area (Å²) in [5.41, 5.74) is 0. The number of nitrogens with one attached hydrogen (secondary N) is 1. The van der Waals surface area contributed by atoms with Gasteiger partial charge in [0.1, 0.15) is 0 Å². The van der Waals surface area contributed by atoms with Crippen LogP contribution in [0.5, 0.6) is 0 Å². The Kier molecular flexibility index (Phi) is 3.82. The number of amides is 1. The van der Waals surface area contributed by atoms with Gasteiger partial charge < -0.3 is 9.80 Å². The van der Waals surface area contributed by atoms with Crippen molar-refractivity contribution in [1.29, 1.82) is 0 Å². The van der Waals surface area contributed by atoms with Gasteiger partial charge in [-0.15, -0.1) is 0 Å². The summed E-state index contributed by atoms with van der Waals surface area (Å²) in [6.45, 7) is 7.10. The Morgan fingerprint density at radius 2 is 2.18 bits per heavy atom. The van der Waals surface area contributed by atoms with E-state index >= 15 is 0 Å². The van der Waals surface area contributed by atoms with Gasteiger partial charge >= 0.3 is 0 Å². The summed E-state index contributed by atoms with van der Waals surface area (Å²) < 4.78 is 0.791. The summed E-state index contributed by atoms with van der Waals surface area (Å²) in [4.78, 5) is 10.7. The molecule has 0 aliphatic rings. The van der Waals surface area contributed by atoms with Crippen LogP contribution in [0.15, 0.2) is 12.7 Å². The fourth-order valence-corrected chi connectivity index (χ4v) is 0.476. The highest BCUT2D eigenvalue weighted by Crippen LogP contribution is 1.91. The molecule has 0 spiro atoms. The van der Waals surface area contributed by atoms with E-state index in [0.717, 1.165) is 11.0 Å². The maximum atomic E-state index is 10.7. The van der Waals surface area contributed by atoms with Crippen molar-refractivity contribution in [1.82, 2.24) is 5.32 Å². The molecule has 3 heteroatoms. The van der Waals surface area contributed by atoms with Crippen molar-refractivity contribution in [2.75, 3.05) is 27.3 Å². The Bertz CT molecular complexity index is 152. The summed E-state index contributed by atoms with van der Waals surface area (Å²) in [7, 11) is 4.12. The number of carbonyl (C=O) groups is 1. The Balaban J connectivity index is 3.69. The van der Waals surface area contributed by atoms with E-state index in [1.807, 2.05) is 0 Å². The smallest absolute Gasteiger partial charge is 0.247 e. The Morgan fingerprint density at radius 1 is 1.64 bits per heavy atom. The zero-order valence-corrected chi connectivity index (χ0v) is 7.55. The minimum absolute atomic E-state index is 0.107. The topological polar surface area (TPSA) is 29.1 Å². The Hall–Kier alpha value is -0.830. The predicted octanol–water partition coefficient (Wildman–Crippen LogP) is 0.342. The molecule has 0 bridgehead atoms. The lowest BCUT2D eigenvalue weighted by Gasteiger charge is -2.27. The van der Waals surface area contributed by atoms with E-state index in [9.17, 15) is 4.79 Å². The summed E-state index contributed by atoms with van der Waals surface area (Å²) >= 11 is 0. The van der Waals surface area contributed by atoms with Crippen LogP contribution in [0.2, 0.25) is 0 Å². The molecule has 0 aromatic carbocycles. The first-order chi connectivity index (χ1) is 5.02.